The van der Waals surface area contributed by atoms with Gasteiger partial charge in [-0.1, -0.05) is 12.1 Å². The minimum atomic E-state index is 0.962. The maximum absolute atomic E-state index is 3.27. The molecule has 0 spiro atoms. The van der Waals surface area contributed by atoms with Crippen LogP contribution in [0.3, 0.4) is 0 Å². The summed E-state index contributed by atoms with van der Waals surface area (Å²) < 4.78 is 0. The number of nitrogens with zero attached hydrogens (tertiary/aromatic N) is 2. The number of fused-ring (bicyclic) bond motifs is 3. The van der Waals surface area contributed by atoms with Gasteiger partial charge < -0.3 is 0 Å². The van der Waals surface area contributed by atoms with Crippen molar-refractivity contribution in [2.45, 2.75) is 0 Å². The molecule has 1 N–H and O–H groups in total. The zero-order valence-electron chi connectivity index (χ0n) is 6.57. The monoisotopic (exact) mass is 159 g/mol. The van der Waals surface area contributed by atoms with Gasteiger partial charge in [0.05, 0.1) is 17.9 Å². The fraction of sp³-hybridized carbons (Fsp3) is 0.111. The summed E-state index contributed by atoms with van der Waals surface area (Å²) in [4.78, 5) is 0. The van der Waals surface area contributed by atoms with E-state index < -0.39 is 0 Å². The zero-order chi connectivity index (χ0) is 7.97. The van der Waals surface area contributed by atoms with Gasteiger partial charge in [-0.15, -0.1) is 0 Å². The van der Waals surface area contributed by atoms with Gasteiger partial charge in [0.2, 0.25) is 0 Å². The molecule has 2 heterocycles. The van der Waals surface area contributed by atoms with Crippen LogP contribution in [0.5, 0.6) is 0 Å². The Morgan fingerprint density at radius 2 is 2.17 bits per heavy atom. The summed E-state index contributed by atoms with van der Waals surface area (Å²) in [5.74, 6) is 0. The second-order valence-corrected chi connectivity index (χ2v) is 2.94. The van der Waals surface area contributed by atoms with E-state index in [0.29, 0.717) is 0 Å². The Bertz CT molecular complexity index is 345. The first-order valence-electron chi connectivity index (χ1n) is 4.04. The summed E-state index contributed by atoms with van der Waals surface area (Å²) in [6, 6.07) is 8.30. The second-order valence-electron chi connectivity index (χ2n) is 2.94. The highest BCUT2D eigenvalue weighted by Crippen LogP contribution is 2.34. The van der Waals surface area contributed by atoms with E-state index in [-0.39, 0.29) is 0 Å². The van der Waals surface area contributed by atoms with Crippen LogP contribution in [0.4, 0.5) is 11.4 Å². The summed E-state index contributed by atoms with van der Waals surface area (Å²) in [7, 11) is 0. The molecule has 60 valence electrons. The molecule has 0 aromatic heterocycles. The standard InChI is InChI=1S/C9H9N3/c1-2-5-9-8(4-1)10-12-7-3-6-11(9)12/h1-5,7,10H,6H2. The van der Waals surface area contributed by atoms with E-state index in [1.807, 2.05) is 17.4 Å². The fourth-order valence-corrected chi connectivity index (χ4v) is 1.64. The van der Waals surface area contributed by atoms with E-state index in [1.54, 1.807) is 0 Å². The third kappa shape index (κ3) is 0.605. The summed E-state index contributed by atoms with van der Waals surface area (Å²) >= 11 is 0. The van der Waals surface area contributed by atoms with Crippen molar-refractivity contribution in [3.63, 3.8) is 0 Å². The molecule has 0 unspecified atom stereocenters. The molecule has 0 amide bonds. The first-order valence-corrected chi connectivity index (χ1v) is 4.04. The molecule has 3 nitrogen and oxygen atoms in total. The predicted molar refractivity (Wildman–Crippen MR) is 48.4 cm³/mol. The summed E-state index contributed by atoms with van der Waals surface area (Å²) in [6.07, 6.45) is 4.17. The Morgan fingerprint density at radius 1 is 1.25 bits per heavy atom. The quantitative estimate of drug-likeness (QED) is 0.620. The van der Waals surface area contributed by atoms with E-state index in [0.717, 1.165) is 6.54 Å². The predicted octanol–water partition coefficient (Wildman–Crippen LogP) is 1.58. The van der Waals surface area contributed by atoms with Gasteiger partial charge in [0.1, 0.15) is 0 Å². The number of anilines is 2. The molecule has 0 saturated heterocycles. The van der Waals surface area contributed by atoms with E-state index in [9.17, 15) is 0 Å². The third-order valence-electron chi connectivity index (χ3n) is 2.20. The van der Waals surface area contributed by atoms with Crippen LogP contribution in [-0.2, 0) is 0 Å². The molecule has 0 fully saturated rings. The highest BCUT2D eigenvalue weighted by atomic mass is 15.8. The molecule has 0 saturated carbocycles. The summed E-state index contributed by atoms with van der Waals surface area (Å²) in [5.41, 5.74) is 5.70. The van der Waals surface area contributed by atoms with Crippen LogP contribution in [0.25, 0.3) is 0 Å². The molecule has 2 aliphatic heterocycles. The number of hydrazine groups is 2. The largest absolute Gasteiger partial charge is 0.278 e. The molecular formula is C9H9N3. The highest BCUT2D eigenvalue weighted by Gasteiger charge is 2.25. The van der Waals surface area contributed by atoms with Crippen molar-refractivity contribution < 1.29 is 0 Å². The number of hydrogen-bond acceptors (Lipinski definition) is 3. The molecule has 0 atom stereocenters. The van der Waals surface area contributed by atoms with Gasteiger partial charge in [0.15, 0.2) is 0 Å². The maximum Gasteiger partial charge on any atom is 0.0847 e. The molecule has 0 radical (unpaired) electrons. The third-order valence-corrected chi connectivity index (χ3v) is 2.20. The van der Waals surface area contributed by atoms with Gasteiger partial charge in [-0.05, 0) is 18.2 Å². The Balaban J connectivity index is 2.12. The molecule has 0 bridgehead atoms. The molecule has 1 aromatic rings. The Hall–Kier alpha value is -1.64. The summed E-state index contributed by atoms with van der Waals surface area (Å²) in [6.45, 7) is 0.962. The van der Waals surface area contributed by atoms with E-state index >= 15 is 0 Å². The lowest BCUT2D eigenvalue weighted by atomic mass is 10.3. The van der Waals surface area contributed by atoms with E-state index in [4.69, 9.17) is 0 Å². The average molecular weight is 159 g/mol. The number of hydrogen-bond donors (Lipinski definition) is 1. The van der Waals surface area contributed by atoms with Crippen LogP contribution in [0.2, 0.25) is 0 Å². The van der Waals surface area contributed by atoms with Crippen molar-refractivity contribution in [1.82, 2.24) is 5.12 Å². The first kappa shape index (κ1) is 5.94. The van der Waals surface area contributed by atoms with Gasteiger partial charge in [0.25, 0.3) is 0 Å². The average Bonchev–Trinajstić information content (AvgIpc) is 2.62. The van der Waals surface area contributed by atoms with Gasteiger partial charge in [-0.25, -0.2) is 5.12 Å². The minimum Gasteiger partial charge on any atom is -0.278 e. The van der Waals surface area contributed by atoms with Crippen LogP contribution in [0.1, 0.15) is 0 Å². The topological polar surface area (TPSA) is 18.5 Å². The van der Waals surface area contributed by atoms with Gasteiger partial charge in [-0.2, -0.15) is 0 Å². The molecule has 12 heavy (non-hydrogen) atoms. The lowest BCUT2D eigenvalue weighted by Gasteiger charge is -2.20. The zero-order valence-corrected chi connectivity index (χ0v) is 6.57. The Labute approximate surface area is 70.8 Å². The normalized spacial score (nSPS) is 17.7. The molecule has 0 aliphatic carbocycles. The molecular weight excluding hydrogens is 150 g/mol. The van der Waals surface area contributed by atoms with Crippen molar-refractivity contribution in [3.05, 3.63) is 36.5 Å². The molecule has 2 aliphatic rings. The number of para-hydroxylation sites is 2. The number of benzene rings is 1. The van der Waals surface area contributed by atoms with Gasteiger partial charge in [0, 0.05) is 6.20 Å². The highest BCUT2D eigenvalue weighted by molar-refractivity contribution is 5.74. The number of rotatable bonds is 0. The lowest BCUT2D eigenvalue weighted by molar-refractivity contribution is 0.472. The Morgan fingerprint density at radius 3 is 3.17 bits per heavy atom. The van der Waals surface area contributed by atoms with Crippen LogP contribution in [-0.4, -0.2) is 11.7 Å². The van der Waals surface area contributed by atoms with Crippen LogP contribution < -0.4 is 10.4 Å². The van der Waals surface area contributed by atoms with Crippen molar-refractivity contribution in [1.29, 1.82) is 0 Å². The van der Waals surface area contributed by atoms with Crippen molar-refractivity contribution in [2.24, 2.45) is 0 Å². The Kier molecular flexibility index (Phi) is 0.961. The first-order chi connectivity index (χ1) is 5.95. The van der Waals surface area contributed by atoms with Gasteiger partial charge in [-0.3, -0.25) is 10.4 Å². The SMILES string of the molecule is C1=CN2Nc3ccccc3N2C1. The second kappa shape index (κ2) is 1.94. The number of nitrogens with one attached hydrogen (secondary N) is 1. The van der Waals surface area contributed by atoms with Crippen LogP contribution in [0, 0.1) is 0 Å². The van der Waals surface area contributed by atoms with Gasteiger partial charge >= 0.3 is 0 Å². The van der Waals surface area contributed by atoms with Crippen molar-refractivity contribution in [3.8, 4) is 0 Å². The van der Waals surface area contributed by atoms with Crippen molar-refractivity contribution >= 4 is 11.4 Å². The fourth-order valence-electron chi connectivity index (χ4n) is 1.64. The maximum atomic E-state index is 3.27. The van der Waals surface area contributed by atoms with Crippen LogP contribution in [0.15, 0.2) is 36.5 Å². The smallest absolute Gasteiger partial charge is 0.0847 e. The lowest BCUT2D eigenvalue weighted by Crippen LogP contribution is -2.32. The molecule has 1 aromatic carbocycles. The van der Waals surface area contributed by atoms with Crippen LogP contribution >= 0.6 is 0 Å². The summed E-state index contributed by atoms with van der Waals surface area (Å²) in [5, 5.41) is 4.19. The minimum absolute atomic E-state index is 0.962. The van der Waals surface area contributed by atoms with E-state index in [1.165, 1.54) is 11.4 Å². The molecule has 3 heteroatoms. The van der Waals surface area contributed by atoms with E-state index in [2.05, 4.69) is 34.7 Å². The molecule has 3 rings (SSSR count). The van der Waals surface area contributed by atoms with Crippen molar-refractivity contribution in [2.75, 3.05) is 17.0 Å².